The van der Waals surface area contributed by atoms with Gasteiger partial charge in [0.2, 0.25) is 0 Å². The van der Waals surface area contributed by atoms with E-state index < -0.39 is 30.2 Å². The van der Waals surface area contributed by atoms with E-state index in [-0.39, 0.29) is 13.2 Å². The predicted molar refractivity (Wildman–Crippen MR) is 101 cm³/mol. The van der Waals surface area contributed by atoms with Gasteiger partial charge in [0.25, 0.3) is 0 Å². The van der Waals surface area contributed by atoms with Crippen molar-refractivity contribution >= 4 is 29.1 Å². The number of aryl methyl sites for hydroxylation is 2. The van der Waals surface area contributed by atoms with Crippen LogP contribution in [0.1, 0.15) is 45.3 Å². The third-order valence-corrected chi connectivity index (χ3v) is 5.09. The molecule has 1 atom stereocenters. The molecule has 0 bridgehead atoms. The molecule has 28 heavy (non-hydrogen) atoms. The molecule has 0 aliphatic carbocycles. The van der Waals surface area contributed by atoms with Crippen LogP contribution in [0.5, 0.6) is 0 Å². The molecule has 0 unspecified atom stereocenters. The topological polar surface area (TPSA) is 111 Å². The first-order chi connectivity index (χ1) is 13.3. The number of Topliss-reactive ketones (excluding diaryl/α,β-unsaturated/α-hetero) is 1. The van der Waals surface area contributed by atoms with Crippen LogP contribution >= 0.6 is 11.3 Å². The summed E-state index contributed by atoms with van der Waals surface area (Å²) in [6.45, 7) is 6.53. The van der Waals surface area contributed by atoms with E-state index >= 15 is 0 Å². The minimum atomic E-state index is -1.06. The summed E-state index contributed by atoms with van der Waals surface area (Å²) in [4.78, 5) is 40.5. The van der Waals surface area contributed by atoms with E-state index in [4.69, 9.17) is 9.47 Å². The van der Waals surface area contributed by atoms with Gasteiger partial charge in [-0.2, -0.15) is 5.26 Å². The molecular formula is C19H21N3O5S. The number of thiazole rings is 1. The van der Waals surface area contributed by atoms with Crippen LogP contribution in [-0.2, 0) is 25.6 Å². The number of hydrogen-bond donors (Lipinski definition) is 0. The van der Waals surface area contributed by atoms with Crippen LogP contribution in [0.3, 0.4) is 0 Å². The average Bonchev–Trinajstić information content (AvgIpc) is 3.19. The quantitative estimate of drug-likeness (QED) is 0.622. The predicted octanol–water partition coefficient (Wildman–Crippen LogP) is 2.47. The highest BCUT2D eigenvalue weighted by molar-refractivity contribution is 7.09. The number of ether oxygens (including phenoxy) is 2. The van der Waals surface area contributed by atoms with Crippen LogP contribution in [0.15, 0.2) is 11.4 Å². The van der Waals surface area contributed by atoms with Crippen molar-refractivity contribution in [2.24, 2.45) is 0 Å². The Morgan fingerprint density at radius 2 is 2.00 bits per heavy atom. The Morgan fingerprint density at radius 3 is 2.57 bits per heavy atom. The number of aromatic nitrogens is 2. The maximum atomic E-state index is 12.2. The highest BCUT2D eigenvalue weighted by atomic mass is 32.1. The van der Waals surface area contributed by atoms with E-state index in [0.29, 0.717) is 22.0 Å². The Labute approximate surface area is 166 Å². The average molecular weight is 403 g/mol. The molecule has 0 amide bonds. The third kappa shape index (κ3) is 4.84. The lowest BCUT2D eigenvalue weighted by Crippen LogP contribution is -2.23. The zero-order chi connectivity index (χ0) is 20.8. The lowest BCUT2D eigenvalue weighted by Gasteiger charge is -2.10. The summed E-state index contributed by atoms with van der Waals surface area (Å²) in [7, 11) is 0. The zero-order valence-electron chi connectivity index (χ0n) is 16.1. The number of ketones is 1. The molecule has 0 aliphatic rings. The van der Waals surface area contributed by atoms with E-state index in [9.17, 15) is 19.6 Å². The van der Waals surface area contributed by atoms with Crippen LogP contribution in [0.25, 0.3) is 0 Å². The van der Waals surface area contributed by atoms with Crippen LogP contribution < -0.4 is 0 Å². The van der Waals surface area contributed by atoms with Gasteiger partial charge in [-0.25, -0.2) is 9.78 Å². The van der Waals surface area contributed by atoms with Crippen LogP contribution in [-0.4, -0.2) is 40.5 Å². The lowest BCUT2D eigenvalue weighted by molar-refractivity contribution is -0.148. The highest BCUT2D eigenvalue weighted by Gasteiger charge is 2.25. The van der Waals surface area contributed by atoms with Crippen molar-refractivity contribution in [1.82, 2.24) is 9.55 Å². The van der Waals surface area contributed by atoms with Gasteiger partial charge < -0.3 is 14.0 Å². The van der Waals surface area contributed by atoms with Gasteiger partial charge in [-0.3, -0.25) is 9.59 Å². The molecule has 0 saturated carbocycles. The normalized spacial score (nSPS) is 11.5. The fraction of sp³-hybridized carbons (Fsp3) is 0.421. The Balaban J connectivity index is 2.00. The van der Waals surface area contributed by atoms with Crippen molar-refractivity contribution in [3.8, 4) is 6.07 Å². The molecule has 0 fully saturated rings. The Hall–Kier alpha value is -2.99. The van der Waals surface area contributed by atoms with Gasteiger partial charge >= 0.3 is 11.9 Å². The van der Waals surface area contributed by atoms with E-state index in [2.05, 4.69) is 4.98 Å². The molecule has 148 valence electrons. The van der Waals surface area contributed by atoms with E-state index in [1.54, 1.807) is 43.7 Å². The fourth-order valence-corrected chi connectivity index (χ4v) is 3.50. The van der Waals surface area contributed by atoms with Gasteiger partial charge in [0.05, 0.1) is 18.2 Å². The van der Waals surface area contributed by atoms with Crippen molar-refractivity contribution in [2.75, 3.05) is 13.2 Å². The van der Waals surface area contributed by atoms with Crippen LogP contribution in [0.2, 0.25) is 0 Å². The van der Waals surface area contributed by atoms with Crippen molar-refractivity contribution < 1.29 is 23.9 Å². The summed E-state index contributed by atoms with van der Waals surface area (Å²) in [5, 5.41) is 11.4. The maximum Gasteiger partial charge on any atom is 0.339 e. The number of nitriles is 1. The molecule has 2 heterocycles. The van der Waals surface area contributed by atoms with E-state index in [1.165, 1.54) is 11.3 Å². The molecule has 0 aliphatic heterocycles. The van der Waals surface area contributed by atoms with Crippen molar-refractivity contribution in [3.05, 3.63) is 39.1 Å². The summed E-state index contributed by atoms with van der Waals surface area (Å²) in [5.74, 6) is -2.69. The monoisotopic (exact) mass is 403 g/mol. The van der Waals surface area contributed by atoms with Crippen LogP contribution in [0.4, 0.5) is 0 Å². The molecule has 0 N–H and O–H groups in total. The molecule has 9 heteroatoms. The minimum Gasteiger partial charge on any atom is -0.462 e. The Kier molecular flexibility index (Phi) is 7.06. The minimum absolute atomic E-state index is 0.155. The van der Waals surface area contributed by atoms with E-state index in [0.717, 1.165) is 5.69 Å². The SMILES string of the molecule is CCOC(=O)c1cc(C)n(CC(=O)OCC(=O)[C@@H](C#N)c2nc(C)cs2)c1C. The van der Waals surface area contributed by atoms with Crippen molar-refractivity contribution in [3.63, 3.8) is 0 Å². The third-order valence-electron chi connectivity index (χ3n) is 4.07. The first-order valence-electron chi connectivity index (χ1n) is 8.62. The lowest BCUT2D eigenvalue weighted by atomic mass is 10.1. The highest BCUT2D eigenvalue weighted by Crippen LogP contribution is 2.21. The van der Waals surface area contributed by atoms with E-state index in [1.807, 2.05) is 6.07 Å². The second-order valence-corrected chi connectivity index (χ2v) is 7.00. The van der Waals surface area contributed by atoms with Crippen molar-refractivity contribution in [2.45, 2.75) is 40.2 Å². The maximum absolute atomic E-state index is 12.2. The molecule has 2 aromatic heterocycles. The second-order valence-electron chi connectivity index (χ2n) is 6.11. The van der Waals surface area contributed by atoms with Gasteiger partial charge in [0.1, 0.15) is 11.6 Å². The summed E-state index contributed by atoms with van der Waals surface area (Å²) in [6, 6.07) is 3.54. The number of rotatable bonds is 8. The Morgan fingerprint density at radius 1 is 1.29 bits per heavy atom. The molecule has 0 aromatic carbocycles. The number of nitrogens with zero attached hydrogens (tertiary/aromatic N) is 3. The number of esters is 2. The summed E-state index contributed by atoms with van der Waals surface area (Å²) in [6.07, 6.45) is 0. The molecule has 8 nitrogen and oxygen atoms in total. The smallest absolute Gasteiger partial charge is 0.339 e. The van der Waals surface area contributed by atoms with Crippen molar-refractivity contribution in [1.29, 1.82) is 5.26 Å². The van der Waals surface area contributed by atoms with Gasteiger partial charge in [-0.15, -0.1) is 11.3 Å². The Bertz CT molecular complexity index is 938. The molecule has 0 spiro atoms. The first kappa shape index (κ1) is 21.3. The summed E-state index contributed by atoms with van der Waals surface area (Å²) in [5.41, 5.74) is 2.37. The van der Waals surface area contributed by atoms with Gasteiger partial charge in [0.15, 0.2) is 18.3 Å². The van der Waals surface area contributed by atoms with Gasteiger partial charge in [-0.1, -0.05) is 0 Å². The standard InChI is InChI=1S/C19H21N3O5S/c1-5-26-19(25)14-6-12(3)22(13(14)4)8-17(24)27-9-16(23)15(7-20)18-21-11(2)10-28-18/h6,10,15H,5,8-9H2,1-4H3/t15-/m1/s1. The molecule has 2 aromatic rings. The summed E-state index contributed by atoms with van der Waals surface area (Å²) < 4.78 is 11.7. The van der Waals surface area contributed by atoms with Gasteiger partial charge in [-0.05, 0) is 33.8 Å². The molecular weight excluding hydrogens is 382 g/mol. The largest absolute Gasteiger partial charge is 0.462 e. The van der Waals surface area contributed by atoms with Crippen LogP contribution in [0, 0.1) is 32.1 Å². The number of carbonyl (C=O) groups is 3. The zero-order valence-corrected chi connectivity index (χ0v) is 17.0. The number of hydrogen-bond acceptors (Lipinski definition) is 8. The van der Waals surface area contributed by atoms with Gasteiger partial charge in [0, 0.05) is 22.5 Å². The second kappa shape index (κ2) is 9.28. The fourth-order valence-electron chi connectivity index (χ4n) is 2.64. The molecule has 0 radical (unpaired) electrons. The summed E-state index contributed by atoms with van der Waals surface area (Å²) >= 11 is 1.22. The first-order valence-corrected chi connectivity index (χ1v) is 9.50. The molecule has 2 rings (SSSR count). The molecule has 0 saturated heterocycles. The number of carbonyl (C=O) groups excluding carboxylic acids is 3.